The van der Waals surface area contributed by atoms with Crippen LogP contribution < -0.4 is 10.5 Å². The summed E-state index contributed by atoms with van der Waals surface area (Å²) in [4.78, 5) is 0.329. The molecule has 1 aliphatic rings. The number of rotatable bonds is 3. The molecule has 0 saturated carbocycles. The molecule has 1 aromatic rings. The number of nitrogens with two attached hydrogens (primary N) is 1. The van der Waals surface area contributed by atoms with Gasteiger partial charge in [-0.1, -0.05) is 18.2 Å². The van der Waals surface area contributed by atoms with Crippen molar-refractivity contribution >= 4 is 15.7 Å². The first-order valence-corrected chi connectivity index (χ1v) is 8.35. The predicted octanol–water partition coefficient (Wildman–Crippen LogP) is 2.58. The normalized spacial score (nSPS) is 19.2. The number of anilines is 1. The van der Waals surface area contributed by atoms with Crippen LogP contribution in [0.5, 0.6) is 0 Å². The van der Waals surface area contributed by atoms with E-state index >= 15 is 0 Å². The van der Waals surface area contributed by atoms with E-state index in [0.717, 1.165) is 30.4 Å². The molecule has 0 saturated heterocycles. The monoisotopic (exact) mass is 294 g/mol. The first kappa shape index (κ1) is 15.1. The van der Waals surface area contributed by atoms with E-state index in [2.05, 4.69) is 10.8 Å². The Morgan fingerprint density at radius 1 is 1.20 bits per heavy atom. The second-order valence-electron chi connectivity index (χ2n) is 5.48. The van der Waals surface area contributed by atoms with Crippen molar-refractivity contribution in [1.82, 2.24) is 4.72 Å². The lowest BCUT2D eigenvalue weighted by Gasteiger charge is -2.22. The molecule has 1 aliphatic carbocycles. The van der Waals surface area contributed by atoms with Gasteiger partial charge >= 0.3 is 0 Å². The summed E-state index contributed by atoms with van der Waals surface area (Å²) in [6.45, 7) is 5.48. The fourth-order valence-electron chi connectivity index (χ4n) is 2.77. The van der Waals surface area contributed by atoms with Crippen LogP contribution in [0.2, 0.25) is 0 Å². The fraction of sp³-hybridized carbons (Fsp3) is 0.467. The Hall–Kier alpha value is -1.33. The highest BCUT2D eigenvalue weighted by Gasteiger charge is 2.25. The maximum absolute atomic E-state index is 12.6. The van der Waals surface area contributed by atoms with Crippen molar-refractivity contribution in [3.63, 3.8) is 0 Å². The molecule has 1 aromatic carbocycles. The molecule has 0 aliphatic heterocycles. The van der Waals surface area contributed by atoms with Gasteiger partial charge in [0.1, 0.15) is 0 Å². The third-order valence-electron chi connectivity index (χ3n) is 3.82. The number of benzene rings is 1. The van der Waals surface area contributed by atoms with E-state index < -0.39 is 10.0 Å². The standard InChI is InChI=1S/C15H22N2O2S/c1-10-9-11(2)15(12(3)14(10)16)20(18,19)17-13-7-5-4-6-8-13/h4-5,9,13,17H,6-8,16H2,1-3H3. The van der Waals surface area contributed by atoms with Crippen LogP contribution in [0.1, 0.15) is 36.0 Å². The summed E-state index contributed by atoms with van der Waals surface area (Å²) in [5, 5.41) is 0. The minimum atomic E-state index is -3.52. The summed E-state index contributed by atoms with van der Waals surface area (Å²) in [5.41, 5.74) is 8.83. The van der Waals surface area contributed by atoms with Gasteiger partial charge in [0.05, 0.1) is 4.90 Å². The van der Waals surface area contributed by atoms with E-state index in [1.54, 1.807) is 6.92 Å². The number of allylic oxidation sites excluding steroid dienone is 1. The number of hydrogen-bond acceptors (Lipinski definition) is 3. The van der Waals surface area contributed by atoms with Crippen LogP contribution in [0.3, 0.4) is 0 Å². The molecule has 0 heterocycles. The highest BCUT2D eigenvalue weighted by atomic mass is 32.2. The molecule has 4 nitrogen and oxygen atoms in total. The Kier molecular flexibility index (Phi) is 4.20. The van der Waals surface area contributed by atoms with Crippen molar-refractivity contribution in [3.8, 4) is 0 Å². The van der Waals surface area contributed by atoms with Crippen molar-refractivity contribution < 1.29 is 8.42 Å². The molecule has 0 radical (unpaired) electrons. The molecule has 0 aromatic heterocycles. The molecule has 20 heavy (non-hydrogen) atoms. The average molecular weight is 294 g/mol. The Morgan fingerprint density at radius 2 is 1.90 bits per heavy atom. The number of sulfonamides is 1. The van der Waals surface area contributed by atoms with E-state index in [1.165, 1.54) is 0 Å². The lowest BCUT2D eigenvalue weighted by atomic mass is 10.0. The van der Waals surface area contributed by atoms with Crippen molar-refractivity contribution in [2.45, 2.75) is 51.0 Å². The quantitative estimate of drug-likeness (QED) is 0.665. The molecule has 1 unspecified atom stereocenters. The lowest BCUT2D eigenvalue weighted by Crippen LogP contribution is -2.36. The zero-order valence-electron chi connectivity index (χ0n) is 12.2. The summed E-state index contributed by atoms with van der Waals surface area (Å²) in [6, 6.07) is 1.81. The Balaban J connectivity index is 2.39. The number of hydrogen-bond donors (Lipinski definition) is 2. The van der Waals surface area contributed by atoms with Crippen LogP contribution >= 0.6 is 0 Å². The van der Waals surface area contributed by atoms with Gasteiger partial charge in [-0.2, -0.15) is 0 Å². The van der Waals surface area contributed by atoms with Crippen LogP contribution in [0, 0.1) is 20.8 Å². The SMILES string of the molecule is Cc1cc(C)c(S(=O)(=O)NC2CC=CCC2)c(C)c1N. The number of nitrogen functional groups attached to an aromatic ring is 1. The van der Waals surface area contributed by atoms with E-state index in [-0.39, 0.29) is 6.04 Å². The number of aryl methyl sites for hydroxylation is 2. The van der Waals surface area contributed by atoms with Crippen LogP contribution in [-0.4, -0.2) is 14.5 Å². The van der Waals surface area contributed by atoms with Gasteiger partial charge in [0, 0.05) is 11.7 Å². The third-order valence-corrected chi connectivity index (χ3v) is 5.63. The maximum Gasteiger partial charge on any atom is 0.241 e. The lowest BCUT2D eigenvalue weighted by molar-refractivity contribution is 0.521. The van der Waals surface area contributed by atoms with Crippen LogP contribution in [0.15, 0.2) is 23.1 Å². The van der Waals surface area contributed by atoms with Crippen molar-refractivity contribution in [2.75, 3.05) is 5.73 Å². The second kappa shape index (κ2) is 5.58. The van der Waals surface area contributed by atoms with Crippen LogP contribution in [0.25, 0.3) is 0 Å². The third kappa shape index (κ3) is 2.88. The smallest absolute Gasteiger partial charge is 0.241 e. The largest absolute Gasteiger partial charge is 0.398 e. The molecule has 0 amide bonds. The highest BCUT2D eigenvalue weighted by molar-refractivity contribution is 7.89. The van der Waals surface area contributed by atoms with E-state index in [1.807, 2.05) is 26.0 Å². The van der Waals surface area contributed by atoms with Crippen molar-refractivity contribution in [3.05, 3.63) is 34.9 Å². The van der Waals surface area contributed by atoms with Gasteiger partial charge in [0.15, 0.2) is 0 Å². The average Bonchev–Trinajstić information content (AvgIpc) is 2.36. The maximum atomic E-state index is 12.6. The summed E-state index contributed by atoms with van der Waals surface area (Å²) in [7, 11) is -3.52. The Labute approximate surface area is 121 Å². The molecule has 1 atom stereocenters. The molecular formula is C15H22N2O2S. The topological polar surface area (TPSA) is 72.2 Å². The minimum absolute atomic E-state index is 0.0219. The first-order valence-electron chi connectivity index (χ1n) is 6.86. The molecule has 3 N–H and O–H groups in total. The zero-order valence-corrected chi connectivity index (χ0v) is 13.0. The molecule has 5 heteroatoms. The van der Waals surface area contributed by atoms with Gasteiger partial charge in [-0.15, -0.1) is 0 Å². The Bertz CT molecular complexity index is 648. The summed E-state index contributed by atoms with van der Waals surface area (Å²) < 4.78 is 28.0. The highest BCUT2D eigenvalue weighted by Crippen LogP contribution is 2.28. The Morgan fingerprint density at radius 3 is 2.50 bits per heavy atom. The van der Waals surface area contributed by atoms with Gasteiger partial charge < -0.3 is 5.73 Å². The summed E-state index contributed by atoms with van der Waals surface area (Å²) >= 11 is 0. The van der Waals surface area contributed by atoms with Crippen molar-refractivity contribution in [1.29, 1.82) is 0 Å². The molecule has 110 valence electrons. The van der Waals surface area contributed by atoms with E-state index in [9.17, 15) is 8.42 Å². The minimum Gasteiger partial charge on any atom is -0.398 e. The summed E-state index contributed by atoms with van der Waals surface area (Å²) in [6.07, 6.45) is 6.63. The van der Waals surface area contributed by atoms with Crippen LogP contribution in [-0.2, 0) is 10.0 Å². The van der Waals surface area contributed by atoms with Gasteiger partial charge in [0.25, 0.3) is 0 Å². The number of nitrogens with one attached hydrogen (secondary N) is 1. The van der Waals surface area contributed by atoms with Gasteiger partial charge in [-0.3, -0.25) is 0 Å². The van der Waals surface area contributed by atoms with E-state index in [4.69, 9.17) is 5.73 Å². The predicted molar refractivity (Wildman–Crippen MR) is 82.2 cm³/mol. The van der Waals surface area contributed by atoms with Gasteiger partial charge in [-0.05, 0) is 56.7 Å². The fourth-order valence-corrected chi connectivity index (χ4v) is 4.54. The van der Waals surface area contributed by atoms with Crippen LogP contribution in [0.4, 0.5) is 5.69 Å². The summed E-state index contributed by atoms with van der Waals surface area (Å²) in [5.74, 6) is 0. The van der Waals surface area contributed by atoms with Gasteiger partial charge in [0.2, 0.25) is 10.0 Å². The molecular weight excluding hydrogens is 272 g/mol. The second-order valence-corrected chi connectivity index (χ2v) is 7.13. The molecule has 0 spiro atoms. The zero-order chi connectivity index (χ0) is 14.9. The molecule has 2 rings (SSSR count). The van der Waals surface area contributed by atoms with Crippen molar-refractivity contribution in [2.24, 2.45) is 0 Å². The molecule has 0 fully saturated rings. The van der Waals surface area contributed by atoms with Gasteiger partial charge in [-0.25, -0.2) is 13.1 Å². The first-order chi connectivity index (χ1) is 9.33. The molecule has 0 bridgehead atoms. The van der Waals surface area contributed by atoms with E-state index in [0.29, 0.717) is 16.1 Å².